The van der Waals surface area contributed by atoms with Gasteiger partial charge in [0.25, 0.3) is 0 Å². The fourth-order valence-corrected chi connectivity index (χ4v) is 1.46. The number of hydrogen-bond donors (Lipinski definition) is 1. The van der Waals surface area contributed by atoms with Gasteiger partial charge in [-0.15, -0.1) is 6.58 Å². The molecule has 0 atom stereocenters. The number of esters is 1. The lowest BCUT2D eigenvalue weighted by atomic mass is 10.5. The van der Waals surface area contributed by atoms with Crippen LogP contribution in [0.5, 0.6) is 0 Å². The molecular formula is C16H30O9. The number of rotatable bonds is 20. The highest BCUT2D eigenvalue weighted by atomic mass is 17.1. The molecule has 0 aliphatic rings. The molecule has 0 aliphatic heterocycles. The Morgan fingerprint density at radius 2 is 1.16 bits per heavy atom. The summed E-state index contributed by atoms with van der Waals surface area (Å²) in [5.74, 6) is -0.445. The molecule has 0 unspecified atom stereocenters. The maximum Gasteiger partial charge on any atom is 0.308 e. The Hall–Kier alpha value is -1.07. The van der Waals surface area contributed by atoms with E-state index >= 15 is 0 Å². The molecule has 0 saturated heterocycles. The first-order valence-electron chi connectivity index (χ1n) is 8.22. The smallest absolute Gasteiger partial charge is 0.308 e. The molecule has 0 amide bonds. The molecule has 0 radical (unpaired) electrons. The lowest BCUT2D eigenvalue weighted by Gasteiger charge is -2.08. The van der Waals surface area contributed by atoms with Crippen LogP contribution >= 0.6 is 0 Å². The van der Waals surface area contributed by atoms with E-state index in [4.69, 9.17) is 33.7 Å². The SMILES string of the molecule is C=CCOCCOCCOCCOCCOCCOC(=O)CCOO. The van der Waals surface area contributed by atoms with E-state index in [1.165, 1.54) is 0 Å². The van der Waals surface area contributed by atoms with Crippen molar-refractivity contribution in [1.29, 1.82) is 0 Å². The number of carbonyl (C=O) groups is 1. The van der Waals surface area contributed by atoms with Crippen molar-refractivity contribution in [1.82, 2.24) is 0 Å². The van der Waals surface area contributed by atoms with E-state index < -0.39 is 5.97 Å². The van der Waals surface area contributed by atoms with Crippen molar-refractivity contribution in [2.45, 2.75) is 6.42 Å². The fourth-order valence-electron chi connectivity index (χ4n) is 1.46. The van der Waals surface area contributed by atoms with Crippen LogP contribution in [0.3, 0.4) is 0 Å². The van der Waals surface area contributed by atoms with Gasteiger partial charge in [-0.2, -0.15) is 0 Å². The third-order valence-electron chi connectivity index (χ3n) is 2.61. The Bertz CT molecular complexity index is 299. The minimum absolute atomic E-state index is 0.00768. The van der Waals surface area contributed by atoms with Gasteiger partial charge in [-0.05, 0) is 0 Å². The second-order valence-electron chi connectivity index (χ2n) is 4.62. The van der Waals surface area contributed by atoms with E-state index in [-0.39, 0.29) is 19.6 Å². The monoisotopic (exact) mass is 366 g/mol. The molecule has 0 saturated carbocycles. The summed E-state index contributed by atoms with van der Waals surface area (Å²) in [7, 11) is 0. The summed E-state index contributed by atoms with van der Waals surface area (Å²) in [6.07, 6.45) is 1.70. The first-order valence-corrected chi connectivity index (χ1v) is 8.22. The Morgan fingerprint density at radius 3 is 1.60 bits per heavy atom. The van der Waals surface area contributed by atoms with Gasteiger partial charge in [-0.3, -0.25) is 10.1 Å². The van der Waals surface area contributed by atoms with Crippen LogP contribution < -0.4 is 0 Å². The molecule has 0 heterocycles. The van der Waals surface area contributed by atoms with Gasteiger partial charge in [0.2, 0.25) is 0 Å². The summed E-state index contributed by atoms with van der Waals surface area (Å²) in [4.78, 5) is 14.8. The van der Waals surface area contributed by atoms with E-state index in [1.54, 1.807) is 6.08 Å². The van der Waals surface area contributed by atoms with Crippen molar-refractivity contribution in [3.05, 3.63) is 12.7 Å². The van der Waals surface area contributed by atoms with Crippen LogP contribution in [0, 0.1) is 0 Å². The average molecular weight is 366 g/mol. The maximum atomic E-state index is 11.0. The van der Waals surface area contributed by atoms with Crippen molar-refractivity contribution < 1.29 is 43.4 Å². The number of ether oxygens (including phenoxy) is 6. The minimum atomic E-state index is -0.445. The first-order chi connectivity index (χ1) is 12.3. The van der Waals surface area contributed by atoms with Crippen molar-refractivity contribution in [3.8, 4) is 0 Å². The van der Waals surface area contributed by atoms with Gasteiger partial charge >= 0.3 is 5.97 Å². The molecular weight excluding hydrogens is 336 g/mol. The molecule has 25 heavy (non-hydrogen) atoms. The third-order valence-corrected chi connectivity index (χ3v) is 2.61. The molecule has 0 aromatic carbocycles. The fraction of sp³-hybridized carbons (Fsp3) is 0.812. The molecule has 1 N–H and O–H groups in total. The zero-order valence-electron chi connectivity index (χ0n) is 14.7. The molecule has 0 aromatic rings. The van der Waals surface area contributed by atoms with Crippen LogP contribution in [-0.4, -0.2) is 90.5 Å². The molecule has 9 nitrogen and oxygen atoms in total. The van der Waals surface area contributed by atoms with Crippen LogP contribution in [0.1, 0.15) is 6.42 Å². The lowest BCUT2D eigenvalue weighted by molar-refractivity contribution is -0.243. The van der Waals surface area contributed by atoms with Crippen LogP contribution in [0.15, 0.2) is 12.7 Å². The molecule has 0 bridgehead atoms. The number of hydrogen-bond acceptors (Lipinski definition) is 9. The second-order valence-corrected chi connectivity index (χ2v) is 4.62. The highest BCUT2D eigenvalue weighted by Crippen LogP contribution is 1.88. The van der Waals surface area contributed by atoms with E-state index in [1.807, 2.05) is 0 Å². The molecule has 0 spiro atoms. The van der Waals surface area contributed by atoms with E-state index in [0.29, 0.717) is 66.1 Å². The van der Waals surface area contributed by atoms with Crippen molar-refractivity contribution >= 4 is 5.97 Å². The van der Waals surface area contributed by atoms with Gasteiger partial charge in [-0.25, -0.2) is 4.89 Å². The third kappa shape index (κ3) is 20.9. The zero-order chi connectivity index (χ0) is 18.4. The van der Waals surface area contributed by atoms with Gasteiger partial charge in [0, 0.05) is 0 Å². The van der Waals surface area contributed by atoms with Crippen LogP contribution in [0.25, 0.3) is 0 Å². The molecule has 9 heteroatoms. The van der Waals surface area contributed by atoms with Gasteiger partial charge in [0.1, 0.15) is 6.61 Å². The van der Waals surface area contributed by atoms with E-state index in [9.17, 15) is 4.79 Å². The summed E-state index contributed by atoms with van der Waals surface area (Å²) in [6, 6.07) is 0. The number of carbonyl (C=O) groups excluding carboxylic acids is 1. The average Bonchev–Trinajstić information content (AvgIpc) is 2.62. The highest BCUT2D eigenvalue weighted by molar-refractivity contribution is 5.69. The summed E-state index contributed by atoms with van der Waals surface area (Å²) in [6.45, 7) is 8.37. The standard InChI is InChI=1S/C16H30O9/c1-2-4-19-6-7-20-8-9-21-10-11-22-12-13-23-14-15-24-16(17)3-5-25-18/h2,18H,1,3-15H2. The quantitative estimate of drug-likeness (QED) is 0.110. The normalized spacial score (nSPS) is 10.8. The van der Waals surface area contributed by atoms with Crippen LogP contribution in [0.2, 0.25) is 0 Å². The van der Waals surface area contributed by atoms with Crippen molar-refractivity contribution in [3.63, 3.8) is 0 Å². The van der Waals surface area contributed by atoms with E-state index in [0.717, 1.165) is 0 Å². The van der Waals surface area contributed by atoms with Gasteiger partial charge in [0.05, 0.1) is 79.1 Å². The van der Waals surface area contributed by atoms with E-state index in [2.05, 4.69) is 11.5 Å². The Labute approximate surface area is 148 Å². The highest BCUT2D eigenvalue weighted by Gasteiger charge is 2.02. The summed E-state index contributed by atoms with van der Waals surface area (Å²) >= 11 is 0. The van der Waals surface area contributed by atoms with Crippen molar-refractivity contribution in [2.75, 3.05) is 79.3 Å². The topological polar surface area (TPSA) is 102 Å². The second kappa shape index (κ2) is 21.0. The van der Waals surface area contributed by atoms with Gasteiger partial charge in [0.15, 0.2) is 0 Å². The molecule has 148 valence electrons. The van der Waals surface area contributed by atoms with Crippen LogP contribution in [0.4, 0.5) is 0 Å². The minimum Gasteiger partial charge on any atom is -0.463 e. The first kappa shape index (κ1) is 23.9. The van der Waals surface area contributed by atoms with Gasteiger partial charge in [-0.1, -0.05) is 6.08 Å². The Morgan fingerprint density at radius 1 is 0.720 bits per heavy atom. The van der Waals surface area contributed by atoms with Crippen LogP contribution in [-0.2, 0) is 38.1 Å². The predicted octanol–water partition coefficient (Wildman–Crippen LogP) is 0.678. The Balaban J connectivity index is 3.05. The lowest BCUT2D eigenvalue weighted by Crippen LogP contribution is -2.15. The zero-order valence-corrected chi connectivity index (χ0v) is 14.7. The molecule has 0 rings (SSSR count). The summed E-state index contributed by atoms with van der Waals surface area (Å²) in [5, 5.41) is 8.07. The molecule has 0 fully saturated rings. The Kier molecular flexibility index (Phi) is 20.1. The predicted molar refractivity (Wildman–Crippen MR) is 88.4 cm³/mol. The largest absolute Gasteiger partial charge is 0.463 e. The van der Waals surface area contributed by atoms with Crippen molar-refractivity contribution in [2.24, 2.45) is 0 Å². The van der Waals surface area contributed by atoms with Gasteiger partial charge < -0.3 is 28.4 Å². The molecule has 0 aliphatic carbocycles. The summed E-state index contributed by atoms with van der Waals surface area (Å²) in [5.41, 5.74) is 0. The molecule has 0 aromatic heterocycles. The maximum absolute atomic E-state index is 11.0. The summed E-state index contributed by atoms with van der Waals surface area (Å²) < 4.78 is 31.2.